The van der Waals surface area contributed by atoms with Gasteiger partial charge in [-0.25, -0.2) is 4.68 Å². The van der Waals surface area contributed by atoms with Gasteiger partial charge in [-0.3, -0.25) is 0 Å². The summed E-state index contributed by atoms with van der Waals surface area (Å²) < 4.78 is 1.72. The van der Waals surface area contributed by atoms with Gasteiger partial charge in [-0.15, -0.1) is 0 Å². The van der Waals surface area contributed by atoms with Crippen LogP contribution in [0.25, 0.3) is 5.69 Å². The summed E-state index contributed by atoms with van der Waals surface area (Å²) in [6.45, 7) is 5.70. The Bertz CT molecular complexity index is 620. The van der Waals surface area contributed by atoms with E-state index in [0.29, 0.717) is 10.6 Å². The van der Waals surface area contributed by atoms with Crippen LogP contribution in [-0.4, -0.2) is 9.78 Å². The molecule has 0 N–H and O–H groups in total. The van der Waals surface area contributed by atoms with Gasteiger partial charge in [0.15, 0.2) is 0 Å². The van der Waals surface area contributed by atoms with Crippen LogP contribution >= 0.6 is 11.6 Å². The van der Waals surface area contributed by atoms with E-state index in [-0.39, 0.29) is 0 Å². The van der Waals surface area contributed by atoms with Crippen molar-refractivity contribution in [2.45, 2.75) is 20.8 Å². The SMILES string of the molecule is Cc1ccc(-n2nc(C)c(Cl)c2C)c(C#N)c1. The number of benzene rings is 1. The van der Waals surface area contributed by atoms with Crippen molar-refractivity contribution >= 4 is 11.6 Å². The Morgan fingerprint density at radius 3 is 2.53 bits per heavy atom. The Kier molecular flexibility index (Phi) is 2.91. The molecular formula is C13H12ClN3. The van der Waals surface area contributed by atoms with E-state index in [1.54, 1.807) is 4.68 Å². The van der Waals surface area contributed by atoms with Crippen molar-refractivity contribution in [1.82, 2.24) is 9.78 Å². The van der Waals surface area contributed by atoms with E-state index < -0.39 is 0 Å². The van der Waals surface area contributed by atoms with Gasteiger partial charge in [0.25, 0.3) is 0 Å². The number of nitrogens with zero attached hydrogens (tertiary/aromatic N) is 3. The van der Waals surface area contributed by atoms with E-state index in [0.717, 1.165) is 22.6 Å². The molecule has 3 nitrogen and oxygen atoms in total. The molecule has 2 aromatic rings. The minimum atomic E-state index is 0.604. The third-order valence-corrected chi connectivity index (χ3v) is 3.25. The molecule has 0 fully saturated rings. The third kappa shape index (κ3) is 1.92. The lowest BCUT2D eigenvalue weighted by Gasteiger charge is -2.07. The minimum absolute atomic E-state index is 0.604. The molecule has 1 aromatic carbocycles. The molecule has 2 rings (SSSR count). The van der Waals surface area contributed by atoms with Crippen LogP contribution in [0, 0.1) is 32.1 Å². The highest BCUT2D eigenvalue weighted by molar-refractivity contribution is 6.31. The first kappa shape index (κ1) is 11.7. The van der Waals surface area contributed by atoms with E-state index in [1.165, 1.54) is 0 Å². The molecule has 0 spiro atoms. The molecule has 1 heterocycles. The van der Waals surface area contributed by atoms with Crippen molar-refractivity contribution in [2.24, 2.45) is 0 Å². The van der Waals surface area contributed by atoms with Crippen molar-refractivity contribution in [2.75, 3.05) is 0 Å². The lowest BCUT2D eigenvalue weighted by molar-refractivity contribution is 0.830. The van der Waals surface area contributed by atoms with E-state index in [4.69, 9.17) is 16.9 Å². The molecule has 0 saturated carbocycles. The summed E-state index contributed by atoms with van der Waals surface area (Å²) in [5, 5.41) is 14.1. The van der Waals surface area contributed by atoms with Gasteiger partial charge < -0.3 is 0 Å². The number of hydrogen-bond donors (Lipinski definition) is 0. The Morgan fingerprint density at radius 2 is 2.00 bits per heavy atom. The first-order chi connectivity index (χ1) is 8.04. The predicted molar refractivity (Wildman–Crippen MR) is 67.5 cm³/mol. The Hall–Kier alpha value is -1.79. The zero-order chi connectivity index (χ0) is 12.6. The number of hydrogen-bond acceptors (Lipinski definition) is 2. The first-order valence-corrected chi connectivity index (χ1v) is 5.65. The third-order valence-electron chi connectivity index (χ3n) is 2.70. The highest BCUT2D eigenvalue weighted by Crippen LogP contribution is 2.24. The summed E-state index contributed by atoms with van der Waals surface area (Å²) >= 11 is 6.11. The summed E-state index contributed by atoms with van der Waals surface area (Å²) in [6.07, 6.45) is 0. The highest BCUT2D eigenvalue weighted by Gasteiger charge is 2.13. The van der Waals surface area contributed by atoms with E-state index >= 15 is 0 Å². The van der Waals surface area contributed by atoms with Crippen LogP contribution in [0.4, 0.5) is 0 Å². The second kappa shape index (κ2) is 4.23. The molecule has 0 atom stereocenters. The lowest BCUT2D eigenvalue weighted by Crippen LogP contribution is -2.02. The molecule has 1 aromatic heterocycles. The van der Waals surface area contributed by atoms with Gasteiger partial charge in [0, 0.05) is 0 Å². The number of rotatable bonds is 1. The number of aromatic nitrogens is 2. The zero-order valence-electron chi connectivity index (χ0n) is 9.95. The van der Waals surface area contributed by atoms with Crippen LogP contribution in [0.15, 0.2) is 18.2 Å². The maximum absolute atomic E-state index is 9.15. The molecule has 0 radical (unpaired) electrons. The van der Waals surface area contributed by atoms with Crippen molar-refractivity contribution < 1.29 is 0 Å². The van der Waals surface area contributed by atoms with Crippen LogP contribution < -0.4 is 0 Å². The molecule has 0 saturated heterocycles. The van der Waals surface area contributed by atoms with Gasteiger partial charge in [-0.1, -0.05) is 17.7 Å². The predicted octanol–water partition coefficient (Wildman–Crippen LogP) is 3.32. The fourth-order valence-electron chi connectivity index (χ4n) is 1.78. The zero-order valence-corrected chi connectivity index (χ0v) is 10.7. The van der Waals surface area contributed by atoms with Crippen molar-refractivity contribution in [3.05, 3.63) is 45.7 Å². The van der Waals surface area contributed by atoms with Crippen LogP contribution in [0.5, 0.6) is 0 Å². The molecule has 86 valence electrons. The number of aryl methyl sites for hydroxylation is 2. The Balaban J connectivity index is 2.69. The lowest BCUT2D eigenvalue weighted by atomic mass is 10.1. The van der Waals surface area contributed by atoms with Crippen molar-refractivity contribution in [3.63, 3.8) is 0 Å². The standard InChI is InChI=1S/C13H12ClN3/c1-8-4-5-12(11(6-8)7-15)17-10(3)13(14)9(2)16-17/h4-6H,1-3H3. The monoisotopic (exact) mass is 245 g/mol. The van der Waals surface area contributed by atoms with Crippen LogP contribution in [0.1, 0.15) is 22.5 Å². The number of nitriles is 1. The van der Waals surface area contributed by atoms with E-state index in [9.17, 15) is 0 Å². The molecule has 4 heteroatoms. The molecule has 17 heavy (non-hydrogen) atoms. The van der Waals surface area contributed by atoms with Gasteiger partial charge in [-0.2, -0.15) is 10.4 Å². The van der Waals surface area contributed by atoms with Gasteiger partial charge >= 0.3 is 0 Å². The summed E-state index contributed by atoms with van der Waals surface area (Å²) in [5.74, 6) is 0. The second-order valence-corrected chi connectivity index (χ2v) is 4.41. The maximum atomic E-state index is 9.15. The van der Waals surface area contributed by atoms with Gasteiger partial charge in [0.05, 0.1) is 27.7 Å². The normalized spacial score (nSPS) is 10.3. The molecular weight excluding hydrogens is 234 g/mol. The fraction of sp³-hybridized carbons (Fsp3) is 0.231. The summed E-state index contributed by atoms with van der Waals surface area (Å²) in [4.78, 5) is 0. The molecule has 0 aliphatic heterocycles. The summed E-state index contributed by atoms with van der Waals surface area (Å²) in [5.41, 5.74) is 4.05. The van der Waals surface area contributed by atoms with E-state index in [2.05, 4.69) is 11.2 Å². The topological polar surface area (TPSA) is 41.6 Å². The fourth-order valence-corrected chi connectivity index (χ4v) is 1.90. The van der Waals surface area contributed by atoms with Crippen LogP contribution in [0.2, 0.25) is 5.02 Å². The molecule has 0 unspecified atom stereocenters. The second-order valence-electron chi connectivity index (χ2n) is 4.03. The summed E-state index contributed by atoms with van der Waals surface area (Å²) in [7, 11) is 0. The smallest absolute Gasteiger partial charge is 0.101 e. The van der Waals surface area contributed by atoms with Crippen molar-refractivity contribution in [3.8, 4) is 11.8 Å². The Morgan fingerprint density at radius 1 is 1.29 bits per heavy atom. The van der Waals surface area contributed by atoms with Gasteiger partial charge in [0.1, 0.15) is 6.07 Å². The minimum Gasteiger partial charge on any atom is -0.235 e. The van der Waals surface area contributed by atoms with Crippen molar-refractivity contribution in [1.29, 1.82) is 5.26 Å². The number of halogens is 1. The average Bonchev–Trinajstić information content (AvgIpc) is 2.57. The molecule has 0 aliphatic carbocycles. The summed E-state index contributed by atoms with van der Waals surface area (Å²) in [6, 6.07) is 7.89. The van der Waals surface area contributed by atoms with Crippen LogP contribution in [0.3, 0.4) is 0 Å². The van der Waals surface area contributed by atoms with Gasteiger partial charge in [0.2, 0.25) is 0 Å². The molecule has 0 aliphatic rings. The quantitative estimate of drug-likeness (QED) is 0.773. The highest BCUT2D eigenvalue weighted by atomic mass is 35.5. The maximum Gasteiger partial charge on any atom is 0.101 e. The van der Waals surface area contributed by atoms with Gasteiger partial charge in [-0.05, 0) is 38.5 Å². The first-order valence-electron chi connectivity index (χ1n) is 5.27. The van der Waals surface area contributed by atoms with Crippen LogP contribution in [-0.2, 0) is 0 Å². The average molecular weight is 246 g/mol. The largest absolute Gasteiger partial charge is 0.235 e. The molecule has 0 bridgehead atoms. The molecule has 0 amide bonds. The Labute approximate surface area is 105 Å². The van der Waals surface area contributed by atoms with E-state index in [1.807, 2.05) is 39.0 Å².